The highest BCUT2D eigenvalue weighted by atomic mass is 19.4. The molecule has 23 heavy (non-hydrogen) atoms. The third-order valence-electron chi connectivity index (χ3n) is 3.77. The van der Waals surface area contributed by atoms with Crippen molar-refractivity contribution in [3.05, 3.63) is 35.9 Å². The van der Waals surface area contributed by atoms with E-state index < -0.39 is 17.8 Å². The van der Waals surface area contributed by atoms with Crippen molar-refractivity contribution in [3.63, 3.8) is 0 Å². The molecule has 2 rings (SSSR count). The van der Waals surface area contributed by atoms with E-state index in [9.17, 15) is 23.1 Å². The van der Waals surface area contributed by atoms with E-state index in [-0.39, 0.29) is 23.8 Å². The number of carbonyl (C=O) groups is 1. The van der Waals surface area contributed by atoms with Crippen LogP contribution in [0, 0.1) is 5.92 Å². The zero-order valence-electron chi connectivity index (χ0n) is 12.6. The molecule has 1 aromatic carbocycles. The summed E-state index contributed by atoms with van der Waals surface area (Å²) in [4.78, 5) is 11.9. The second-order valence-corrected chi connectivity index (χ2v) is 5.76. The summed E-state index contributed by atoms with van der Waals surface area (Å²) in [5.41, 5.74) is -0.569. The lowest BCUT2D eigenvalue weighted by molar-refractivity contribution is -0.274. The van der Waals surface area contributed by atoms with Crippen LogP contribution in [-0.2, 0) is 4.79 Å². The SMILES string of the molecule is CC(CO)(NC(=O)/C=C/c1ccccc1OC(F)(F)F)C1CC1. The van der Waals surface area contributed by atoms with Gasteiger partial charge in [0.1, 0.15) is 5.75 Å². The predicted molar refractivity (Wildman–Crippen MR) is 78.5 cm³/mol. The van der Waals surface area contributed by atoms with Crippen molar-refractivity contribution in [3.8, 4) is 5.75 Å². The molecule has 0 saturated heterocycles. The summed E-state index contributed by atoms with van der Waals surface area (Å²) in [6.07, 6.45) is -0.545. The number of amides is 1. The number of hydrogen-bond acceptors (Lipinski definition) is 3. The molecule has 2 N–H and O–H groups in total. The van der Waals surface area contributed by atoms with E-state index in [4.69, 9.17) is 0 Å². The van der Waals surface area contributed by atoms with Crippen molar-refractivity contribution >= 4 is 12.0 Å². The van der Waals surface area contributed by atoms with Crippen LogP contribution < -0.4 is 10.1 Å². The molecule has 0 bridgehead atoms. The van der Waals surface area contributed by atoms with Gasteiger partial charge in [0, 0.05) is 11.6 Å². The van der Waals surface area contributed by atoms with Crippen LogP contribution in [0.25, 0.3) is 6.08 Å². The third kappa shape index (κ3) is 4.99. The van der Waals surface area contributed by atoms with Crippen LogP contribution in [0.15, 0.2) is 30.3 Å². The number of benzene rings is 1. The van der Waals surface area contributed by atoms with E-state index in [2.05, 4.69) is 10.1 Å². The highest BCUT2D eigenvalue weighted by Gasteiger charge is 2.41. The van der Waals surface area contributed by atoms with E-state index in [1.54, 1.807) is 13.0 Å². The van der Waals surface area contributed by atoms with Crippen molar-refractivity contribution in [2.24, 2.45) is 5.92 Å². The quantitative estimate of drug-likeness (QED) is 0.789. The minimum atomic E-state index is -4.80. The maximum atomic E-state index is 12.3. The lowest BCUT2D eigenvalue weighted by atomic mass is 9.97. The molecule has 0 radical (unpaired) electrons. The number of alkyl halides is 3. The average molecular weight is 329 g/mol. The maximum Gasteiger partial charge on any atom is 0.573 e. The smallest absolute Gasteiger partial charge is 0.405 e. The first-order valence-corrected chi connectivity index (χ1v) is 7.19. The van der Waals surface area contributed by atoms with Crippen molar-refractivity contribution in [2.75, 3.05) is 6.61 Å². The first-order chi connectivity index (χ1) is 10.7. The van der Waals surface area contributed by atoms with Gasteiger partial charge in [-0.1, -0.05) is 18.2 Å². The summed E-state index contributed by atoms with van der Waals surface area (Å²) in [5.74, 6) is -0.628. The lowest BCUT2D eigenvalue weighted by Crippen LogP contribution is -2.50. The lowest BCUT2D eigenvalue weighted by Gasteiger charge is -2.28. The number of aliphatic hydroxyl groups is 1. The Hall–Kier alpha value is -2.02. The van der Waals surface area contributed by atoms with Gasteiger partial charge in [-0.25, -0.2) is 0 Å². The molecule has 7 heteroatoms. The number of halogens is 3. The average Bonchev–Trinajstić information content (AvgIpc) is 3.29. The van der Waals surface area contributed by atoms with Gasteiger partial charge in [-0.3, -0.25) is 4.79 Å². The summed E-state index contributed by atoms with van der Waals surface area (Å²) in [6, 6.07) is 5.54. The van der Waals surface area contributed by atoms with Crippen LogP contribution in [0.5, 0.6) is 5.75 Å². The number of nitrogens with one attached hydrogen (secondary N) is 1. The fourth-order valence-electron chi connectivity index (χ4n) is 2.32. The summed E-state index contributed by atoms with van der Waals surface area (Å²) < 4.78 is 40.9. The Morgan fingerprint density at radius 2 is 2.04 bits per heavy atom. The maximum absolute atomic E-state index is 12.3. The Balaban J connectivity index is 2.06. The highest BCUT2D eigenvalue weighted by molar-refractivity contribution is 5.92. The minimum absolute atomic E-state index is 0.136. The Labute approximate surface area is 132 Å². The van der Waals surface area contributed by atoms with Crippen LogP contribution in [0.1, 0.15) is 25.3 Å². The van der Waals surface area contributed by atoms with Crippen molar-refractivity contribution in [1.82, 2.24) is 5.32 Å². The standard InChI is InChI=1S/C16H18F3NO3/c1-15(10-21,12-7-8-12)20-14(22)9-6-11-4-2-3-5-13(11)23-16(17,18)19/h2-6,9,12,21H,7-8,10H2,1H3,(H,20,22)/b9-6+. The zero-order valence-corrected chi connectivity index (χ0v) is 12.6. The van der Waals surface area contributed by atoms with E-state index in [1.807, 2.05) is 0 Å². The molecule has 1 fully saturated rings. The second kappa shape index (κ2) is 6.62. The van der Waals surface area contributed by atoms with E-state index >= 15 is 0 Å². The summed E-state index contributed by atoms with van der Waals surface area (Å²) >= 11 is 0. The van der Waals surface area contributed by atoms with Crippen LogP contribution in [-0.4, -0.2) is 29.5 Å². The molecule has 1 aliphatic rings. The molecule has 0 aromatic heterocycles. The largest absolute Gasteiger partial charge is 0.573 e. The molecule has 1 aromatic rings. The first kappa shape index (κ1) is 17.3. The molecule has 4 nitrogen and oxygen atoms in total. The number of hydrogen-bond donors (Lipinski definition) is 2. The van der Waals surface area contributed by atoms with Crippen LogP contribution in [0.2, 0.25) is 0 Å². The summed E-state index contributed by atoms with van der Waals surface area (Å²) in [6.45, 7) is 1.56. The Kier molecular flexibility index (Phi) is 4.99. The fraction of sp³-hybridized carbons (Fsp3) is 0.438. The molecule has 1 saturated carbocycles. The van der Waals surface area contributed by atoms with Gasteiger partial charge in [-0.05, 0) is 37.8 Å². The molecule has 1 unspecified atom stereocenters. The van der Waals surface area contributed by atoms with Gasteiger partial charge < -0.3 is 15.2 Å². The van der Waals surface area contributed by atoms with Gasteiger partial charge >= 0.3 is 6.36 Å². The van der Waals surface area contributed by atoms with E-state index in [0.717, 1.165) is 18.9 Å². The zero-order chi connectivity index (χ0) is 17.1. The molecule has 1 aliphatic carbocycles. The number of para-hydroxylation sites is 1. The Morgan fingerprint density at radius 3 is 2.61 bits per heavy atom. The number of aliphatic hydroxyl groups excluding tert-OH is 1. The van der Waals surface area contributed by atoms with Gasteiger partial charge in [-0.2, -0.15) is 0 Å². The van der Waals surface area contributed by atoms with Gasteiger partial charge in [-0.15, -0.1) is 13.2 Å². The van der Waals surface area contributed by atoms with E-state index in [1.165, 1.54) is 24.3 Å². The van der Waals surface area contributed by atoms with Crippen molar-refractivity contribution in [2.45, 2.75) is 31.7 Å². The van der Waals surface area contributed by atoms with E-state index in [0.29, 0.717) is 0 Å². The number of rotatable bonds is 6. The molecule has 126 valence electrons. The van der Waals surface area contributed by atoms with Crippen LogP contribution in [0.3, 0.4) is 0 Å². The predicted octanol–water partition coefficient (Wildman–Crippen LogP) is 2.88. The first-order valence-electron chi connectivity index (χ1n) is 7.19. The number of ether oxygens (including phenoxy) is 1. The van der Waals surface area contributed by atoms with Crippen LogP contribution in [0.4, 0.5) is 13.2 Å². The Morgan fingerprint density at radius 1 is 1.39 bits per heavy atom. The molecular formula is C16H18F3NO3. The van der Waals surface area contributed by atoms with Gasteiger partial charge in [0.25, 0.3) is 0 Å². The van der Waals surface area contributed by atoms with Crippen molar-refractivity contribution in [1.29, 1.82) is 0 Å². The molecule has 0 aliphatic heterocycles. The minimum Gasteiger partial charge on any atom is -0.405 e. The molecular weight excluding hydrogens is 311 g/mol. The second-order valence-electron chi connectivity index (χ2n) is 5.76. The van der Waals surface area contributed by atoms with Gasteiger partial charge in [0.05, 0.1) is 12.1 Å². The number of carbonyl (C=O) groups excluding carboxylic acids is 1. The van der Waals surface area contributed by atoms with Gasteiger partial charge in [0.15, 0.2) is 0 Å². The summed E-state index contributed by atoms with van der Waals surface area (Å²) in [7, 11) is 0. The topological polar surface area (TPSA) is 58.6 Å². The Bertz CT molecular complexity index is 596. The molecule has 1 atom stereocenters. The van der Waals surface area contributed by atoms with Crippen LogP contribution >= 0.6 is 0 Å². The molecule has 0 heterocycles. The molecule has 1 amide bonds. The summed E-state index contributed by atoms with van der Waals surface area (Å²) in [5, 5.41) is 12.1. The monoisotopic (exact) mass is 329 g/mol. The highest BCUT2D eigenvalue weighted by Crippen LogP contribution is 2.39. The third-order valence-corrected chi connectivity index (χ3v) is 3.77. The van der Waals surface area contributed by atoms with Gasteiger partial charge in [0.2, 0.25) is 5.91 Å². The normalized spacial score (nSPS) is 17.8. The fourth-order valence-corrected chi connectivity index (χ4v) is 2.32. The molecule has 0 spiro atoms. The van der Waals surface area contributed by atoms with Crippen molar-refractivity contribution < 1.29 is 27.8 Å².